The quantitative estimate of drug-likeness (QED) is 0.461. The number of nitrogens with one attached hydrogen (secondary N) is 3. The van der Waals surface area contributed by atoms with Crippen molar-refractivity contribution >= 4 is 17.8 Å². The summed E-state index contributed by atoms with van der Waals surface area (Å²) in [5, 5.41) is 9.63. The fourth-order valence-electron chi connectivity index (χ4n) is 4.44. The molecule has 0 spiro atoms. The number of carbonyl (C=O) groups excluding carboxylic acids is 2. The summed E-state index contributed by atoms with van der Waals surface area (Å²) in [6.45, 7) is 7.38. The van der Waals surface area contributed by atoms with E-state index in [0.717, 1.165) is 50.4 Å². The van der Waals surface area contributed by atoms with Crippen molar-refractivity contribution in [2.75, 3.05) is 26.2 Å². The van der Waals surface area contributed by atoms with Gasteiger partial charge in [-0.25, -0.2) is 4.99 Å². The van der Waals surface area contributed by atoms with Crippen LogP contribution in [0, 0.1) is 5.92 Å². The standard InChI is InChI=1S/C24H37N5O2/c1-3-25-22(30)20-12-8-9-18(15-20)16-27-24(26-4-2)28-21-13-14-29(17-21)23(31)19-10-6-5-7-11-19/h8-9,12,15,19,21H,3-7,10-11,13-14,16-17H2,1-2H3,(H,25,30)(H2,26,27,28). The second-order valence-corrected chi connectivity index (χ2v) is 8.50. The van der Waals surface area contributed by atoms with E-state index in [9.17, 15) is 9.59 Å². The molecule has 1 saturated carbocycles. The van der Waals surface area contributed by atoms with Crippen molar-refractivity contribution in [3.63, 3.8) is 0 Å². The highest BCUT2D eigenvalue weighted by atomic mass is 16.2. The van der Waals surface area contributed by atoms with Gasteiger partial charge in [0.2, 0.25) is 5.91 Å². The molecule has 1 aliphatic heterocycles. The van der Waals surface area contributed by atoms with Gasteiger partial charge < -0.3 is 20.9 Å². The van der Waals surface area contributed by atoms with E-state index < -0.39 is 0 Å². The predicted molar refractivity (Wildman–Crippen MR) is 124 cm³/mol. The summed E-state index contributed by atoms with van der Waals surface area (Å²) >= 11 is 0. The van der Waals surface area contributed by atoms with Gasteiger partial charge in [-0.05, 0) is 50.8 Å². The topological polar surface area (TPSA) is 85.8 Å². The van der Waals surface area contributed by atoms with Crippen molar-refractivity contribution in [2.45, 2.75) is 65.0 Å². The predicted octanol–water partition coefficient (Wildman–Crippen LogP) is 2.67. The van der Waals surface area contributed by atoms with Crippen molar-refractivity contribution in [3.05, 3.63) is 35.4 Å². The Labute approximate surface area is 186 Å². The molecule has 3 N–H and O–H groups in total. The Morgan fingerprint density at radius 1 is 1.06 bits per heavy atom. The van der Waals surface area contributed by atoms with Crippen LogP contribution in [-0.2, 0) is 11.3 Å². The van der Waals surface area contributed by atoms with Crippen LogP contribution in [0.15, 0.2) is 29.3 Å². The first-order chi connectivity index (χ1) is 15.1. The van der Waals surface area contributed by atoms with Gasteiger partial charge >= 0.3 is 0 Å². The van der Waals surface area contributed by atoms with Crippen LogP contribution in [0.1, 0.15) is 68.3 Å². The molecule has 31 heavy (non-hydrogen) atoms. The van der Waals surface area contributed by atoms with Crippen molar-refractivity contribution in [1.82, 2.24) is 20.9 Å². The Balaban J connectivity index is 1.56. The summed E-state index contributed by atoms with van der Waals surface area (Å²) in [6.07, 6.45) is 6.67. The van der Waals surface area contributed by atoms with Crippen LogP contribution >= 0.6 is 0 Å². The third-order valence-electron chi connectivity index (χ3n) is 6.09. The molecule has 1 heterocycles. The van der Waals surface area contributed by atoms with Crippen molar-refractivity contribution < 1.29 is 9.59 Å². The van der Waals surface area contributed by atoms with Crippen molar-refractivity contribution in [2.24, 2.45) is 10.9 Å². The number of rotatable bonds is 7. The van der Waals surface area contributed by atoms with E-state index in [4.69, 9.17) is 4.99 Å². The molecule has 0 aromatic heterocycles. The van der Waals surface area contributed by atoms with Crippen LogP contribution in [0.2, 0.25) is 0 Å². The van der Waals surface area contributed by atoms with Gasteiger partial charge in [-0.1, -0.05) is 31.4 Å². The minimum Gasteiger partial charge on any atom is -0.357 e. The molecule has 2 fully saturated rings. The molecule has 7 heteroatoms. The van der Waals surface area contributed by atoms with E-state index in [-0.39, 0.29) is 17.9 Å². The Morgan fingerprint density at radius 2 is 1.84 bits per heavy atom. The molecule has 0 bridgehead atoms. The van der Waals surface area contributed by atoms with Gasteiger partial charge in [0.15, 0.2) is 5.96 Å². The average Bonchev–Trinajstić information content (AvgIpc) is 3.26. The van der Waals surface area contributed by atoms with Crippen LogP contribution in [0.25, 0.3) is 0 Å². The summed E-state index contributed by atoms with van der Waals surface area (Å²) in [7, 11) is 0. The van der Waals surface area contributed by atoms with Gasteiger partial charge in [0.05, 0.1) is 6.54 Å². The monoisotopic (exact) mass is 427 g/mol. The minimum atomic E-state index is -0.0629. The van der Waals surface area contributed by atoms with Gasteiger partial charge in [0.1, 0.15) is 0 Å². The maximum absolute atomic E-state index is 12.8. The number of benzene rings is 1. The lowest BCUT2D eigenvalue weighted by atomic mass is 9.88. The Kier molecular flexibility index (Phi) is 8.74. The molecule has 1 saturated heterocycles. The summed E-state index contributed by atoms with van der Waals surface area (Å²) in [4.78, 5) is 31.6. The van der Waals surface area contributed by atoms with E-state index in [1.165, 1.54) is 19.3 Å². The molecule has 2 amide bonds. The van der Waals surface area contributed by atoms with E-state index >= 15 is 0 Å². The molecular formula is C24H37N5O2. The van der Waals surface area contributed by atoms with Gasteiger partial charge in [0, 0.05) is 43.7 Å². The van der Waals surface area contributed by atoms with Crippen molar-refractivity contribution in [3.8, 4) is 0 Å². The molecule has 7 nitrogen and oxygen atoms in total. The molecule has 170 valence electrons. The molecule has 0 radical (unpaired) electrons. The molecule has 1 aromatic rings. The highest BCUT2D eigenvalue weighted by molar-refractivity contribution is 5.94. The Hall–Kier alpha value is -2.57. The summed E-state index contributed by atoms with van der Waals surface area (Å²) in [5.41, 5.74) is 1.64. The SMILES string of the molecule is CCNC(=O)c1cccc(CN=C(NCC)NC2CCN(C(=O)C3CCCCC3)C2)c1. The third kappa shape index (κ3) is 6.71. The summed E-state index contributed by atoms with van der Waals surface area (Å²) in [5.74, 6) is 1.26. The molecule has 1 unspecified atom stereocenters. The van der Waals surface area contributed by atoms with Crippen LogP contribution < -0.4 is 16.0 Å². The van der Waals surface area contributed by atoms with Crippen LogP contribution in [0.4, 0.5) is 0 Å². The fraction of sp³-hybridized carbons (Fsp3) is 0.625. The molecular weight excluding hydrogens is 390 g/mol. The zero-order chi connectivity index (χ0) is 22.1. The first-order valence-corrected chi connectivity index (χ1v) is 11.8. The number of hydrogen-bond acceptors (Lipinski definition) is 3. The molecule has 3 rings (SSSR count). The summed E-state index contributed by atoms with van der Waals surface area (Å²) < 4.78 is 0. The van der Waals surface area contributed by atoms with Crippen LogP contribution in [0.3, 0.4) is 0 Å². The third-order valence-corrected chi connectivity index (χ3v) is 6.09. The number of carbonyl (C=O) groups is 2. The minimum absolute atomic E-state index is 0.0629. The molecule has 1 aromatic carbocycles. The lowest BCUT2D eigenvalue weighted by Gasteiger charge is -2.26. The highest BCUT2D eigenvalue weighted by Crippen LogP contribution is 2.26. The molecule has 2 aliphatic rings. The van der Waals surface area contributed by atoms with Gasteiger partial charge in [0.25, 0.3) is 5.91 Å². The normalized spacial score (nSPS) is 19.9. The summed E-state index contributed by atoms with van der Waals surface area (Å²) in [6, 6.07) is 7.79. The highest BCUT2D eigenvalue weighted by Gasteiger charge is 2.31. The lowest BCUT2D eigenvalue weighted by Crippen LogP contribution is -2.45. The number of nitrogens with zero attached hydrogens (tertiary/aromatic N) is 2. The number of guanidine groups is 1. The number of aliphatic imine (C=N–C) groups is 1. The zero-order valence-corrected chi connectivity index (χ0v) is 19.0. The fourth-order valence-corrected chi connectivity index (χ4v) is 4.44. The maximum Gasteiger partial charge on any atom is 0.251 e. The first-order valence-electron chi connectivity index (χ1n) is 11.8. The van der Waals surface area contributed by atoms with E-state index in [1.54, 1.807) is 0 Å². The van der Waals surface area contributed by atoms with Gasteiger partial charge in [-0.2, -0.15) is 0 Å². The van der Waals surface area contributed by atoms with Crippen molar-refractivity contribution in [1.29, 1.82) is 0 Å². The number of amides is 2. The smallest absolute Gasteiger partial charge is 0.251 e. The van der Waals surface area contributed by atoms with Crippen LogP contribution in [-0.4, -0.2) is 54.9 Å². The van der Waals surface area contributed by atoms with E-state index in [0.29, 0.717) is 24.6 Å². The Morgan fingerprint density at radius 3 is 2.58 bits per heavy atom. The van der Waals surface area contributed by atoms with Gasteiger partial charge in [-0.15, -0.1) is 0 Å². The van der Waals surface area contributed by atoms with Gasteiger partial charge in [-0.3, -0.25) is 9.59 Å². The van der Waals surface area contributed by atoms with E-state index in [2.05, 4.69) is 16.0 Å². The Bertz CT molecular complexity index is 773. The first kappa shape index (κ1) is 23.1. The lowest BCUT2D eigenvalue weighted by molar-refractivity contribution is -0.135. The molecule has 1 aliphatic carbocycles. The second-order valence-electron chi connectivity index (χ2n) is 8.50. The maximum atomic E-state index is 12.8. The second kappa shape index (κ2) is 11.7. The van der Waals surface area contributed by atoms with Crippen LogP contribution in [0.5, 0.6) is 0 Å². The molecule has 1 atom stereocenters. The number of hydrogen-bond donors (Lipinski definition) is 3. The largest absolute Gasteiger partial charge is 0.357 e. The zero-order valence-electron chi connectivity index (χ0n) is 19.0. The average molecular weight is 428 g/mol. The number of likely N-dealkylation sites (tertiary alicyclic amines) is 1. The van der Waals surface area contributed by atoms with E-state index in [1.807, 2.05) is 43.0 Å².